The Morgan fingerprint density at radius 2 is 2.42 bits per heavy atom. The van der Waals surface area contributed by atoms with Crippen molar-refractivity contribution in [3.05, 3.63) is 24.5 Å². The van der Waals surface area contributed by atoms with Gasteiger partial charge in [-0.05, 0) is 13.0 Å². The summed E-state index contributed by atoms with van der Waals surface area (Å²) in [6.45, 7) is 3.07. The van der Waals surface area contributed by atoms with Gasteiger partial charge in [-0.1, -0.05) is 0 Å². The lowest BCUT2D eigenvalue weighted by molar-refractivity contribution is 0.797. The summed E-state index contributed by atoms with van der Waals surface area (Å²) in [7, 11) is 0. The first-order chi connectivity index (χ1) is 5.81. The van der Waals surface area contributed by atoms with Crippen LogP contribution in [0.25, 0.3) is 10.9 Å². The van der Waals surface area contributed by atoms with Crippen molar-refractivity contribution in [3.63, 3.8) is 0 Å². The molecule has 2 aromatic rings. The first-order valence-electron chi connectivity index (χ1n) is 4.01. The van der Waals surface area contributed by atoms with E-state index in [2.05, 4.69) is 16.5 Å². The molecule has 2 rings (SSSR count). The van der Waals surface area contributed by atoms with E-state index in [0.717, 1.165) is 17.4 Å². The van der Waals surface area contributed by atoms with E-state index in [1.54, 1.807) is 6.20 Å². The van der Waals surface area contributed by atoms with Gasteiger partial charge in [-0.25, -0.2) is 4.98 Å². The highest BCUT2D eigenvalue weighted by molar-refractivity contribution is 5.81. The van der Waals surface area contributed by atoms with Crippen LogP contribution in [0.1, 0.15) is 6.92 Å². The fourth-order valence-electron chi connectivity index (χ4n) is 1.37. The summed E-state index contributed by atoms with van der Waals surface area (Å²) in [6, 6.07) is 3.95. The number of pyridine rings is 1. The summed E-state index contributed by atoms with van der Waals surface area (Å²) in [6.07, 6.45) is 3.85. The molecular formula is C9H11N3. The Morgan fingerprint density at radius 1 is 1.58 bits per heavy atom. The fraction of sp³-hybridized carbons (Fsp3) is 0.222. The van der Waals surface area contributed by atoms with Crippen LogP contribution >= 0.6 is 0 Å². The zero-order valence-electron chi connectivity index (χ0n) is 6.99. The van der Waals surface area contributed by atoms with Gasteiger partial charge in [0.25, 0.3) is 0 Å². The molecule has 0 aliphatic carbocycles. The van der Waals surface area contributed by atoms with Crippen molar-refractivity contribution in [1.82, 2.24) is 9.55 Å². The van der Waals surface area contributed by atoms with Crippen LogP contribution < -0.4 is 5.73 Å². The zero-order valence-corrected chi connectivity index (χ0v) is 6.99. The molecule has 0 saturated heterocycles. The van der Waals surface area contributed by atoms with Gasteiger partial charge < -0.3 is 10.3 Å². The van der Waals surface area contributed by atoms with Crippen LogP contribution in [0.3, 0.4) is 0 Å². The lowest BCUT2D eigenvalue weighted by Crippen LogP contribution is -1.93. The quantitative estimate of drug-likeness (QED) is 0.691. The number of hydrogen-bond donors (Lipinski definition) is 1. The second-order valence-electron chi connectivity index (χ2n) is 2.77. The Morgan fingerprint density at radius 3 is 3.17 bits per heavy atom. The zero-order chi connectivity index (χ0) is 8.55. The van der Waals surface area contributed by atoms with Crippen molar-refractivity contribution in [3.8, 4) is 0 Å². The topological polar surface area (TPSA) is 43.8 Å². The molecule has 0 aliphatic heterocycles. The van der Waals surface area contributed by atoms with Crippen LogP contribution in [0.2, 0.25) is 0 Å². The number of aromatic nitrogens is 2. The Hall–Kier alpha value is -1.51. The first kappa shape index (κ1) is 7.16. The molecule has 2 heterocycles. The van der Waals surface area contributed by atoms with Crippen LogP contribution in [0.15, 0.2) is 24.5 Å². The number of anilines is 1. The van der Waals surface area contributed by atoms with Gasteiger partial charge in [-0.2, -0.15) is 0 Å². The summed E-state index contributed by atoms with van der Waals surface area (Å²) < 4.78 is 2.15. The molecule has 12 heavy (non-hydrogen) atoms. The predicted molar refractivity (Wildman–Crippen MR) is 49.8 cm³/mol. The molecule has 0 unspecified atom stereocenters. The Balaban J connectivity index is 2.75. The van der Waals surface area contributed by atoms with Gasteiger partial charge in [0.1, 0.15) is 5.82 Å². The lowest BCUT2D eigenvalue weighted by Gasteiger charge is -1.99. The van der Waals surface area contributed by atoms with E-state index in [1.807, 2.05) is 18.3 Å². The van der Waals surface area contributed by atoms with Gasteiger partial charge in [0.15, 0.2) is 0 Å². The third kappa shape index (κ3) is 0.942. The van der Waals surface area contributed by atoms with Crippen molar-refractivity contribution >= 4 is 16.7 Å². The highest BCUT2D eigenvalue weighted by Crippen LogP contribution is 2.16. The number of nitrogens with zero attached hydrogens (tertiary/aromatic N) is 2. The summed E-state index contributed by atoms with van der Waals surface area (Å²) in [5, 5.41) is 1.14. The number of nitrogen functional groups attached to an aromatic ring is 1. The molecule has 0 aromatic carbocycles. The third-order valence-corrected chi connectivity index (χ3v) is 2.02. The maximum atomic E-state index is 5.58. The number of fused-ring (bicyclic) bond motifs is 1. The highest BCUT2D eigenvalue weighted by atomic mass is 15.0. The van der Waals surface area contributed by atoms with E-state index in [9.17, 15) is 0 Å². The van der Waals surface area contributed by atoms with E-state index in [1.165, 1.54) is 0 Å². The van der Waals surface area contributed by atoms with E-state index in [0.29, 0.717) is 5.82 Å². The van der Waals surface area contributed by atoms with Crippen LogP contribution in [0.5, 0.6) is 0 Å². The molecule has 3 heteroatoms. The Kier molecular flexibility index (Phi) is 1.50. The van der Waals surface area contributed by atoms with Crippen molar-refractivity contribution in [1.29, 1.82) is 0 Å². The van der Waals surface area contributed by atoms with Gasteiger partial charge in [-0.3, -0.25) is 0 Å². The van der Waals surface area contributed by atoms with Crippen LogP contribution in [-0.4, -0.2) is 9.55 Å². The molecule has 0 atom stereocenters. The maximum absolute atomic E-state index is 5.58. The minimum atomic E-state index is 0.580. The third-order valence-electron chi connectivity index (χ3n) is 2.02. The SMILES string of the molecule is CCn1ccc2cnc(N)cc21. The number of hydrogen-bond acceptors (Lipinski definition) is 2. The van der Waals surface area contributed by atoms with Gasteiger partial charge in [0.2, 0.25) is 0 Å². The molecule has 0 bridgehead atoms. The van der Waals surface area contributed by atoms with E-state index in [4.69, 9.17) is 5.73 Å². The van der Waals surface area contributed by atoms with Crippen LogP contribution in [0, 0.1) is 0 Å². The molecule has 62 valence electrons. The molecule has 0 spiro atoms. The van der Waals surface area contributed by atoms with Crippen molar-refractivity contribution in [2.24, 2.45) is 0 Å². The number of aryl methyl sites for hydroxylation is 1. The molecular weight excluding hydrogens is 150 g/mol. The van der Waals surface area contributed by atoms with Gasteiger partial charge >= 0.3 is 0 Å². The van der Waals surface area contributed by atoms with E-state index < -0.39 is 0 Å². The van der Waals surface area contributed by atoms with Gasteiger partial charge in [-0.15, -0.1) is 0 Å². The molecule has 0 aliphatic rings. The first-order valence-corrected chi connectivity index (χ1v) is 4.01. The standard InChI is InChI=1S/C9H11N3/c1-2-12-4-3-7-6-11-9(10)5-8(7)12/h3-6H,2H2,1H3,(H2,10,11). The van der Waals surface area contributed by atoms with Crippen molar-refractivity contribution in [2.75, 3.05) is 5.73 Å². The second-order valence-corrected chi connectivity index (χ2v) is 2.77. The van der Waals surface area contributed by atoms with Gasteiger partial charge in [0, 0.05) is 30.4 Å². The van der Waals surface area contributed by atoms with E-state index in [-0.39, 0.29) is 0 Å². The monoisotopic (exact) mass is 161 g/mol. The summed E-state index contributed by atoms with van der Waals surface area (Å²) in [5.74, 6) is 0.580. The Labute approximate surface area is 70.8 Å². The van der Waals surface area contributed by atoms with E-state index >= 15 is 0 Å². The molecule has 0 radical (unpaired) electrons. The van der Waals surface area contributed by atoms with Crippen molar-refractivity contribution in [2.45, 2.75) is 13.5 Å². The second kappa shape index (κ2) is 2.52. The minimum absolute atomic E-state index is 0.580. The summed E-state index contributed by atoms with van der Waals surface area (Å²) in [4.78, 5) is 4.02. The minimum Gasteiger partial charge on any atom is -0.384 e. The summed E-state index contributed by atoms with van der Waals surface area (Å²) >= 11 is 0. The number of rotatable bonds is 1. The van der Waals surface area contributed by atoms with Gasteiger partial charge in [0.05, 0.1) is 5.52 Å². The highest BCUT2D eigenvalue weighted by Gasteiger charge is 1.99. The normalized spacial score (nSPS) is 10.8. The van der Waals surface area contributed by atoms with Crippen molar-refractivity contribution < 1.29 is 0 Å². The fourth-order valence-corrected chi connectivity index (χ4v) is 1.37. The molecule has 0 saturated carbocycles. The molecule has 0 fully saturated rings. The Bertz CT molecular complexity index is 403. The molecule has 0 amide bonds. The largest absolute Gasteiger partial charge is 0.384 e. The summed E-state index contributed by atoms with van der Waals surface area (Å²) in [5.41, 5.74) is 6.74. The van der Waals surface area contributed by atoms with Crippen LogP contribution in [0.4, 0.5) is 5.82 Å². The maximum Gasteiger partial charge on any atom is 0.125 e. The average molecular weight is 161 g/mol. The number of nitrogens with two attached hydrogens (primary N) is 1. The molecule has 2 N–H and O–H groups in total. The predicted octanol–water partition coefficient (Wildman–Crippen LogP) is 1.64. The molecule has 2 aromatic heterocycles. The lowest BCUT2D eigenvalue weighted by atomic mass is 10.3. The average Bonchev–Trinajstić information content (AvgIpc) is 2.46. The molecule has 3 nitrogen and oxygen atoms in total. The smallest absolute Gasteiger partial charge is 0.125 e. The van der Waals surface area contributed by atoms with Crippen LogP contribution in [-0.2, 0) is 6.54 Å².